The van der Waals surface area contributed by atoms with Crippen LogP contribution in [0.5, 0.6) is 0 Å². The molecule has 6 nitrogen and oxygen atoms in total. The number of aromatic nitrogens is 1. The first-order chi connectivity index (χ1) is 10.3. The minimum atomic E-state index is -0.579. The lowest BCUT2D eigenvalue weighted by Crippen LogP contribution is -2.36. The largest absolute Gasteiger partial charge is 0.396 e. The Morgan fingerprint density at radius 3 is 2.50 bits per heavy atom. The molecule has 0 spiro atoms. The predicted octanol–water partition coefficient (Wildman–Crippen LogP) is 1.76. The molecule has 2 saturated heterocycles. The number of nitrogens with two attached hydrogens (primary N) is 1. The molecule has 1 aromatic rings. The zero-order chi connectivity index (χ0) is 16.2. The lowest BCUT2D eigenvalue weighted by Gasteiger charge is -2.30. The second-order valence-electron chi connectivity index (χ2n) is 6.72. The summed E-state index contributed by atoms with van der Waals surface area (Å²) in [6.45, 7) is 6.05. The second kappa shape index (κ2) is 4.98. The van der Waals surface area contributed by atoms with E-state index in [0.29, 0.717) is 11.4 Å². The van der Waals surface area contributed by atoms with Crippen molar-refractivity contribution in [2.75, 3.05) is 12.8 Å². The van der Waals surface area contributed by atoms with Gasteiger partial charge in [0.05, 0.1) is 11.7 Å². The van der Waals surface area contributed by atoms with Gasteiger partial charge in [0.25, 0.3) is 0 Å². The third-order valence-corrected chi connectivity index (χ3v) is 4.91. The van der Waals surface area contributed by atoms with Crippen LogP contribution in [0.4, 0.5) is 5.69 Å². The van der Waals surface area contributed by atoms with Crippen molar-refractivity contribution in [3.05, 3.63) is 17.5 Å². The first-order valence-corrected chi connectivity index (χ1v) is 7.73. The number of aryl methyl sites for hydroxylation is 1. The topological polar surface area (TPSA) is 76.4 Å². The highest BCUT2D eigenvalue weighted by molar-refractivity contribution is 5.59. The number of hydrogen-bond donors (Lipinski definition) is 1. The Morgan fingerprint density at radius 1 is 1.32 bits per heavy atom. The van der Waals surface area contributed by atoms with Crippen molar-refractivity contribution >= 4 is 5.69 Å². The number of fused-ring (bicyclic) bond motifs is 1. The molecule has 2 fully saturated rings. The molecular formula is C16H24N4O2. The van der Waals surface area contributed by atoms with Crippen molar-refractivity contribution in [2.24, 2.45) is 7.05 Å². The Labute approximate surface area is 131 Å². The molecule has 0 amide bonds. The number of likely N-dealkylation sites (tertiary alicyclic amines) is 1. The van der Waals surface area contributed by atoms with Crippen LogP contribution >= 0.6 is 0 Å². The number of hydrogen-bond acceptors (Lipinski definition) is 5. The molecule has 0 aliphatic carbocycles. The minimum absolute atomic E-state index is 0.00465. The van der Waals surface area contributed by atoms with Gasteiger partial charge in [-0.3, -0.25) is 4.90 Å². The van der Waals surface area contributed by atoms with Crippen molar-refractivity contribution in [1.29, 1.82) is 5.26 Å². The third kappa shape index (κ3) is 2.04. The van der Waals surface area contributed by atoms with Gasteiger partial charge >= 0.3 is 0 Å². The van der Waals surface area contributed by atoms with E-state index in [2.05, 4.69) is 24.9 Å². The number of nitrogen functional groups attached to an aromatic ring is 1. The number of likely N-dealkylation sites (N-methyl/N-ethyl adjacent to an activating group) is 1. The van der Waals surface area contributed by atoms with Gasteiger partial charge in [0.1, 0.15) is 24.0 Å². The molecule has 6 heteroatoms. The highest BCUT2D eigenvalue weighted by Gasteiger charge is 2.57. The van der Waals surface area contributed by atoms with Gasteiger partial charge in [0.2, 0.25) is 0 Å². The van der Waals surface area contributed by atoms with Gasteiger partial charge < -0.3 is 19.8 Å². The smallest absolute Gasteiger partial charge is 0.163 e. The molecule has 0 bridgehead atoms. The number of anilines is 1. The Kier molecular flexibility index (Phi) is 3.48. The van der Waals surface area contributed by atoms with E-state index in [4.69, 9.17) is 15.2 Å². The van der Waals surface area contributed by atoms with Gasteiger partial charge in [-0.05, 0) is 27.3 Å². The van der Waals surface area contributed by atoms with Crippen LogP contribution in [0.2, 0.25) is 0 Å². The molecule has 22 heavy (non-hydrogen) atoms. The van der Waals surface area contributed by atoms with E-state index in [1.165, 1.54) is 0 Å². The lowest BCUT2D eigenvalue weighted by atomic mass is 10.0. The van der Waals surface area contributed by atoms with Gasteiger partial charge in [0.15, 0.2) is 5.79 Å². The fraction of sp³-hybridized carbons (Fsp3) is 0.688. The van der Waals surface area contributed by atoms with E-state index in [-0.39, 0.29) is 24.3 Å². The van der Waals surface area contributed by atoms with Crippen molar-refractivity contribution in [3.63, 3.8) is 0 Å². The SMILES string of the molecule is CCC1C2OC(C)(C)OC2C(c2cn(C)c(C#N)c2N)N1C. The van der Waals surface area contributed by atoms with E-state index in [0.717, 1.165) is 12.0 Å². The molecule has 2 N–H and O–H groups in total. The standard InChI is InChI=1S/C16H24N4O2/c1-6-10-14-15(22-16(2,3)21-14)13(20(10)5)9-8-19(4)11(7-17)12(9)18/h8,10,13-15H,6,18H2,1-5H3. The van der Waals surface area contributed by atoms with Gasteiger partial charge in [-0.25, -0.2) is 0 Å². The first kappa shape index (κ1) is 15.3. The zero-order valence-corrected chi connectivity index (χ0v) is 13.8. The van der Waals surface area contributed by atoms with Crippen LogP contribution in [0.3, 0.4) is 0 Å². The fourth-order valence-corrected chi connectivity index (χ4v) is 3.99. The molecule has 3 heterocycles. The molecule has 0 aromatic carbocycles. The highest BCUT2D eigenvalue weighted by atomic mass is 16.8. The van der Waals surface area contributed by atoms with Crippen LogP contribution < -0.4 is 5.73 Å². The van der Waals surface area contributed by atoms with Crippen molar-refractivity contribution < 1.29 is 9.47 Å². The van der Waals surface area contributed by atoms with Crippen molar-refractivity contribution in [1.82, 2.24) is 9.47 Å². The van der Waals surface area contributed by atoms with Crippen LogP contribution in [0.1, 0.15) is 44.5 Å². The Bertz CT molecular complexity index is 631. The summed E-state index contributed by atoms with van der Waals surface area (Å²) < 4.78 is 14.1. The van der Waals surface area contributed by atoms with Gasteiger partial charge in [-0.1, -0.05) is 6.92 Å². The molecule has 0 radical (unpaired) electrons. The second-order valence-corrected chi connectivity index (χ2v) is 6.72. The van der Waals surface area contributed by atoms with Crippen LogP contribution in [0.15, 0.2) is 6.20 Å². The zero-order valence-electron chi connectivity index (χ0n) is 13.8. The van der Waals surface area contributed by atoms with E-state index < -0.39 is 5.79 Å². The molecular weight excluding hydrogens is 280 g/mol. The molecule has 4 atom stereocenters. The summed E-state index contributed by atoms with van der Waals surface area (Å²) >= 11 is 0. The average Bonchev–Trinajstić information content (AvgIpc) is 2.96. The minimum Gasteiger partial charge on any atom is -0.396 e. The van der Waals surface area contributed by atoms with Crippen LogP contribution in [0, 0.1) is 11.3 Å². The van der Waals surface area contributed by atoms with E-state index >= 15 is 0 Å². The molecule has 4 unspecified atom stereocenters. The van der Waals surface area contributed by atoms with Gasteiger partial charge in [0, 0.05) is 24.8 Å². The van der Waals surface area contributed by atoms with Crippen LogP contribution in [0.25, 0.3) is 0 Å². The maximum Gasteiger partial charge on any atom is 0.163 e. The predicted molar refractivity (Wildman–Crippen MR) is 82.9 cm³/mol. The summed E-state index contributed by atoms with van der Waals surface area (Å²) in [5.74, 6) is -0.579. The third-order valence-electron chi connectivity index (χ3n) is 4.91. The summed E-state index contributed by atoms with van der Waals surface area (Å²) in [4.78, 5) is 2.28. The van der Waals surface area contributed by atoms with Gasteiger partial charge in [-0.2, -0.15) is 5.26 Å². The van der Waals surface area contributed by atoms with Crippen LogP contribution in [-0.2, 0) is 16.5 Å². The summed E-state index contributed by atoms with van der Waals surface area (Å²) in [6.07, 6.45) is 2.88. The summed E-state index contributed by atoms with van der Waals surface area (Å²) in [5, 5.41) is 9.27. The highest BCUT2D eigenvalue weighted by Crippen LogP contribution is 2.48. The molecule has 2 aliphatic heterocycles. The number of nitrogens with zero attached hydrogens (tertiary/aromatic N) is 3. The monoisotopic (exact) mass is 304 g/mol. The van der Waals surface area contributed by atoms with Crippen molar-refractivity contribution in [2.45, 2.75) is 57.3 Å². The molecule has 3 rings (SSSR count). The van der Waals surface area contributed by atoms with E-state index in [1.54, 1.807) is 4.57 Å². The lowest BCUT2D eigenvalue weighted by molar-refractivity contribution is -0.166. The van der Waals surface area contributed by atoms with Gasteiger partial charge in [-0.15, -0.1) is 0 Å². The molecule has 1 aromatic heterocycles. The molecule has 120 valence electrons. The number of nitriles is 1. The maximum atomic E-state index is 9.27. The fourth-order valence-electron chi connectivity index (χ4n) is 3.99. The quantitative estimate of drug-likeness (QED) is 0.901. The first-order valence-electron chi connectivity index (χ1n) is 7.73. The Morgan fingerprint density at radius 2 is 1.95 bits per heavy atom. The van der Waals surface area contributed by atoms with Crippen molar-refractivity contribution in [3.8, 4) is 6.07 Å². The maximum absolute atomic E-state index is 9.27. The van der Waals surface area contributed by atoms with E-state index in [9.17, 15) is 5.26 Å². The van der Waals surface area contributed by atoms with Crippen LogP contribution in [-0.4, -0.2) is 40.6 Å². The average molecular weight is 304 g/mol. The summed E-state index contributed by atoms with van der Waals surface area (Å²) in [6, 6.07) is 2.45. The normalized spacial score (nSPS) is 33.8. The Balaban J connectivity index is 2.05. The molecule has 0 saturated carbocycles. The Hall–Kier alpha value is -1.55. The van der Waals surface area contributed by atoms with E-state index in [1.807, 2.05) is 27.1 Å². The summed E-state index contributed by atoms with van der Waals surface area (Å²) in [7, 11) is 3.92. The summed E-state index contributed by atoms with van der Waals surface area (Å²) in [5.41, 5.74) is 8.23. The molecule has 2 aliphatic rings. The number of ether oxygens (including phenoxy) is 2. The number of rotatable bonds is 2.